The number of thiazole rings is 1. The number of carbonyl (C=O) groups is 2. The van der Waals surface area contributed by atoms with E-state index in [1.807, 2.05) is 0 Å². The predicted octanol–water partition coefficient (Wildman–Crippen LogP) is 2.24. The van der Waals surface area contributed by atoms with Crippen LogP contribution < -0.4 is 10.2 Å². The number of esters is 1. The van der Waals surface area contributed by atoms with Gasteiger partial charge in [0.05, 0.1) is 0 Å². The minimum Gasteiger partial charge on any atom is -0.454 e. The lowest BCUT2D eigenvalue weighted by molar-refractivity contribution is -0.149. The van der Waals surface area contributed by atoms with Crippen molar-refractivity contribution in [3.63, 3.8) is 0 Å². The molecule has 26 heavy (non-hydrogen) atoms. The summed E-state index contributed by atoms with van der Waals surface area (Å²) in [5, 5.41) is 4.40. The van der Waals surface area contributed by atoms with Crippen LogP contribution in [0.5, 0.6) is 0 Å². The van der Waals surface area contributed by atoms with Crippen LogP contribution in [0.1, 0.15) is 36.6 Å². The lowest BCUT2D eigenvalue weighted by atomic mass is 10.0. The fourth-order valence-electron chi connectivity index (χ4n) is 2.38. The molecule has 0 atom stereocenters. The third-order valence-corrected chi connectivity index (χ3v) is 4.89. The van der Waals surface area contributed by atoms with E-state index >= 15 is 0 Å². The van der Waals surface area contributed by atoms with E-state index in [9.17, 15) is 14.4 Å². The number of aromatic nitrogens is 1. The highest BCUT2D eigenvalue weighted by Crippen LogP contribution is 2.14. The first kappa shape index (κ1) is 19.9. The van der Waals surface area contributed by atoms with Crippen molar-refractivity contribution in [2.24, 2.45) is 0 Å². The first-order valence-corrected chi connectivity index (χ1v) is 9.41. The van der Waals surface area contributed by atoms with Crippen LogP contribution in [0.3, 0.4) is 0 Å². The van der Waals surface area contributed by atoms with Crippen LogP contribution in [0.2, 0.25) is 0 Å². The molecule has 1 aromatic carbocycles. The first-order chi connectivity index (χ1) is 12.4. The van der Waals surface area contributed by atoms with Gasteiger partial charge in [-0.15, -0.1) is 0 Å². The van der Waals surface area contributed by atoms with Crippen molar-refractivity contribution in [1.29, 1.82) is 0 Å². The Labute approximate surface area is 156 Å². The number of hydrogen-bond acceptors (Lipinski definition) is 5. The smallest absolute Gasteiger partial charge is 0.326 e. The van der Waals surface area contributed by atoms with E-state index in [2.05, 4.69) is 43.4 Å². The van der Waals surface area contributed by atoms with Gasteiger partial charge in [-0.25, -0.2) is 0 Å². The van der Waals surface area contributed by atoms with Crippen LogP contribution in [0.4, 0.5) is 0 Å². The molecule has 2 rings (SSSR count). The maximum Gasteiger partial charge on any atom is 0.326 e. The van der Waals surface area contributed by atoms with Crippen molar-refractivity contribution in [2.75, 3.05) is 13.2 Å². The maximum atomic E-state index is 11.8. The summed E-state index contributed by atoms with van der Waals surface area (Å²) in [6, 6.07) is 8.31. The normalized spacial score (nSPS) is 10.8. The zero-order chi connectivity index (χ0) is 19.1. The zero-order valence-electron chi connectivity index (χ0n) is 15.3. The Kier molecular flexibility index (Phi) is 7.15. The molecule has 0 aliphatic heterocycles. The van der Waals surface area contributed by atoms with E-state index in [-0.39, 0.29) is 23.9 Å². The minimum atomic E-state index is -0.604. The molecule has 0 spiro atoms. The number of benzene rings is 1. The van der Waals surface area contributed by atoms with Gasteiger partial charge >= 0.3 is 10.8 Å². The third-order valence-electron chi connectivity index (χ3n) is 4.01. The van der Waals surface area contributed by atoms with Gasteiger partial charge in [0.25, 0.3) is 5.91 Å². The van der Waals surface area contributed by atoms with E-state index in [0.29, 0.717) is 24.6 Å². The van der Waals surface area contributed by atoms with Gasteiger partial charge in [0, 0.05) is 17.6 Å². The van der Waals surface area contributed by atoms with Crippen LogP contribution in [-0.4, -0.2) is 29.6 Å². The predicted molar refractivity (Wildman–Crippen MR) is 102 cm³/mol. The van der Waals surface area contributed by atoms with Crippen LogP contribution in [0.15, 0.2) is 34.4 Å². The van der Waals surface area contributed by atoms with E-state index in [1.54, 1.807) is 12.3 Å². The van der Waals surface area contributed by atoms with Crippen molar-refractivity contribution in [2.45, 2.75) is 39.7 Å². The molecular formula is C19H24N2O4S. The zero-order valence-corrected chi connectivity index (χ0v) is 16.1. The Bertz CT molecular complexity index is 806. The number of nitrogens with one attached hydrogen (secondary N) is 1. The van der Waals surface area contributed by atoms with Gasteiger partial charge in [0.15, 0.2) is 6.61 Å². The van der Waals surface area contributed by atoms with Gasteiger partial charge in [0.2, 0.25) is 0 Å². The number of nitrogens with zero attached hydrogens (tertiary/aromatic N) is 1. The molecule has 0 saturated carbocycles. The van der Waals surface area contributed by atoms with Gasteiger partial charge in [-0.1, -0.05) is 49.4 Å². The van der Waals surface area contributed by atoms with Crippen LogP contribution in [0, 0.1) is 6.92 Å². The van der Waals surface area contributed by atoms with Crippen molar-refractivity contribution in [3.8, 4) is 0 Å². The third kappa shape index (κ3) is 5.84. The Morgan fingerprint density at radius 1 is 1.23 bits per heavy atom. The van der Waals surface area contributed by atoms with Crippen LogP contribution >= 0.6 is 11.3 Å². The highest BCUT2D eigenvalue weighted by molar-refractivity contribution is 7.07. The summed E-state index contributed by atoms with van der Waals surface area (Å²) in [6.07, 6.45) is 0.710. The van der Waals surface area contributed by atoms with E-state index in [1.165, 1.54) is 10.1 Å². The summed E-state index contributed by atoms with van der Waals surface area (Å²) in [5.74, 6) is -0.466. The average molecular weight is 376 g/mol. The number of hydrogen-bond donors (Lipinski definition) is 1. The molecule has 6 nitrogen and oxygen atoms in total. The number of rotatable bonds is 8. The second kappa shape index (κ2) is 9.33. The standard InChI is InChI=1S/C19H24N2O4S/c1-13(2)16-6-4-15(5-7-16)8-9-20-17(22)11-25-18(23)10-21-14(3)12-26-19(21)24/h4-7,12-13H,8-11H2,1-3H3,(H,20,22). The molecule has 0 unspecified atom stereocenters. The van der Waals surface area contributed by atoms with Crippen LogP contribution in [0.25, 0.3) is 0 Å². The summed E-state index contributed by atoms with van der Waals surface area (Å²) in [5.41, 5.74) is 3.12. The molecule has 1 N–H and O–H groups in total. The summed E-state index contributed by atoms with van der Waals surface area (Å²) in [4.78, 5) is 34.8. The Balaban J connectivity index is 1.68. The first-order valence-electron chi connectivity index (χ1n) is 8.53. The number of amides is 1. The van der Waals surface area contributed by atoms with Crippen molar-refractivity contribution < 1.29 is 14.3 Å². The average Bonchev–Trinajstić information content (AvgIpc) is 2.92. The molecule has 140 valence electrons. The molecule has 0 radical (unpaired) electrons. The molecule has 1 amide bonds. The Hall–Kier alpha value is -2.41. The van der Waals surface area contributed by atoms with Crippen molar-refractivity contribution >= 4 is 23.2 Å². The number of ether oxygens (including phenoxy) is 1. The largest absolute Gasteiger partial charge is 0.454 e. The molecule has 0 bridgehead atoms. The van der Waals surface area contributed by atoms with Crippen LogP contribution in [-0.2, 0) is 27.3 Å². The summed E-state index contributed by atoms with van der Waals surface area (Å²) in [6.45, 7) is 5.98. The Morgan fingerprint density at radius 3 is 2.50 bits per heavy atom. The molecule has 2 aromatic rings. The second-order valence-electron chi connectivity index (χ2n) is 6.39. The molecule has 0 fully saturated rings. The molecule has 0 aliphatic carbocycles. The van der Waals surface area contributed by atoms with Crippen molar-refractivity contribution in [3.05, 3.63) is 56.1 Å². The molecule has 0 saturated heterocycles. The van der Waals surface area contributed by atoms with Crippen molar-refractivity contribution in [1.82, 2.24) is 9.88 Å². The lowest BCUT2D eigenvalue weighted by Crippen LogP contribution is -2.31. The molecular weight excluding hydrogens is 352 g/mol. The van der Waals surface area contributed by atoms with Gasteiger partial charge in [-0.3, -0.25) is 19.0 Å². The highest BCUT2D eigenvalue weighted by atomic mass is 32.1. The fraction of sp³-hybridized carbons (Fsp3) is 0.421. The second-order valence-corrected chi connectivity index (χ2v) is 7.21. The quantitative estimate of drug-likeness (QED) is 0.717. The molecule has 1 heterocycles. The maximum absolute atomic E-state index is 11.8. The van der Waals surface area contributed by atoms with E-state index in [4.69, 9.17) is 4.74 Å². The number of carbonyl (C=O) groups excluding carboxylic acids is 2. The topological polar surface area (TPSA) is 77.4 Å². The highest BCUT2D eigenvalue weighted by Gasteiger charge is 2.11. The fourth-order valence-corrected chi connectivity index (χ4v) is 3.12. The molecule has 0 aliphatic rings. The van der Waals surface area contributed by atoms with Gasteiger partial charge in [-0.05, 0) is 30.4 Å². The lowest BCUT2D eigenvalue weighted by Gasteiger charge is -2.09. The summed E-state index contributed by atoms with van der Waals surface area (Å²) in [7, 11) is 0. The van der Waals surface area contributed by atoms with Gasteiger partial charge in [-0.2, -0.15) is 0 Å². The summed E-state index contributed by atoms with van der Waals surface area (Å²) < 4.78 is 6.25. The van der Waals surface area contributed by atoms with Gasteiger partial charge < -0.3 is 10.1 Å². The van der Waals surface area contributed by atoms with E-state index in [0.717, 1.165) is 16.9 Å². The van der Waals surface area contributed by atoms with Gasteiger partial charge in [0.1, 0.15) is 6.54 Å². The Morgan fingerprint density at radius 2 is 1.92 bits per heavy atom. The minimum absolute atomic E-state index is 0.177. The number of aryl methyl sites for hydroxylation is 1. The monoisotopic (exact) mass is 376 g/mol. The SMILES string of the molecule is Cc1csc(=O)n1CC(=O)OCC(=O)NCCc1ccc(C(C)C)cc1. The van der Waals surface area contributed by atoms with E-state index < -0.39 is 5.97 Å². The molecule has 7 heteroatoms. The molecule has 1 aromatic heterocycles. The summed E-state index contributed by atoms with van der Waals surface area (Å²) >= 11 is 1.03.